The first-order valence-electron chi connectivity index (χ1n) is 11.4. The fraction of sp³-hybridized carbons (Fsp3) is 0.556. The van der Waals surface area contributed by atoms with Crippen molar-refractivity contribution in [3.8, 4) is 0 Å². The van der Waals surface area contributed by atoms with Crippen LogP contribution in [-0.2, 0) is 9.47 Å². The highest BCUT2D eigenvalue weighted by atomic mass is 127. The Morgan fingerprint density at radius 1 is 0.700 bits per heavy atom. The summed E-state index contributed by atoms with van der Waals surface area (Å²) in [5, 5.41) is 0. The molecule has 30 heavy (non-hydrogen) atoms. The van der Waals surface area contributed by atoms with E-state index in [1.54, 1.807) is 0 Å². The highest BCUT2D eigenvalue weighted by Gasteiger charge is 2.20. The summed E-state index contributed by atoms with van der Waals surface area (Å²) in [4.78, 5) is 0. The van der Waals surface area contributed by atoms with E-state index in [9.17, 15) is 0 Å². The van der Waals surface area contributed by atoms with E-state index < -0.39 is 0 Å². The maximum Gasteiger partial charge on any atom is 0.0834 e. The van der Waals surface area contributed by atoms with E-state index in [4.69, 9.17) is 9.47 Å². The van der Waals surface area contributed by atoms with E-state index in [1.165, 1.54) is 35.1 Å². The fourth-order valence-corrected chi connectivity index (χ4v) is 4.69. The molecule has 2 nitrogen and oxygen atoms in total. The number of hydrogen-bond acceptors (Lipinski definition) is 2. The van der Waals surface area contributed by atoms with E-state index in [0.717, 1.165) is 26.1 Å². The molecule has 2 aromatic rings. The fourth-order valence-electron chi connectivity index (χ4n) is 3.86. The minimum atomic E-state index is 0.191. The third-order valence-corrected chi connectivity index (χ3v) is 6.82. The van der Waals surface area contributed by atoms with Gasteiger partial charge in [-0.15, -0.1) is 0 Å². The van der Waals surface area contributed by atoms with Gasteiger partial charge >= 0.3 is 0 Å². The van der Waals surface area contributed by atoms with E-state index in [1.807, 2.05) is 0 Å². The molecule has 0 radical (unpaired) electrons. The molecule has 0 aromatic heterocycles. The second kappa shape index (κ2) is 13.5. The molecule has 2 aromatic carbocycles. The first-order valence-corrected chi connectivity index (χ1v) is 12.7. The summed E-state index contributed by atoms with van der Waals surface area (Å²) in [7, 11) is 0. The number of halogens is 1. The molecule has 0 saturated heterocycles. The maximum absolute atomic E-state index is 6.09. The first-order chi connectivity index (χ1) is 14.4. The normalized spacial score (nSPS) is 15.5. The van der Waals surface area contributed by atoms with Crippen LogP contribution in [0, 0.1) is 19.8 Å². The van der Waals surface area contributed by atoms with Gasteiger partial charge in [0.2, 0.25) is 0 Å². The molecular formula is C27H39IO2. The first kappa shape index (κ1) is 25.4. The molecule has 0 N–H and O–H groups in total. The molecule has 0 heterocycles. The van der Waals surface area contributed by atoms with Crippen LogP contribution < -0.4 is 0 Å². The average Bonchev–Trinajstić information content (AvgIpc) is 2.73. The Morgan fingerprint density at radius 2 is 1.13 bits per heavy atom. The zero-order valence-corrected chi connectivity index (χ0v) is 21.5. The Morgan fingerprint density at radius 3 is 1.57 bits per heavy atom. The number of ether oxygens (including phenoxy) is 2. The van der Waals surface area contributed by atoms with E-state index >= 15 is 0 Å². The summed E-state index contributed by atoms with van der Waals surface area (Å²) < 4.78 is 12.8. The maximum atomic E-state index is 6.09. The number of benzene rings is 2. The highest BCUT2D eigenvalue weighted by Crippen LogP contribution is 2.32. The molecule has 0 spiro atoms. The van der Waals surface area contributed by atoms with Crippen LogP contribution in [-0.4, -0.2) is 17.1 Å². The molecule has 0 bridgehead atoms. The molecule has 0 amide bonds. The SMILES string of the molecule is CCOC(C[C@H](C)CC[C@@H](I)CC(OCC)c1ccc(C)cc1)c1ccc(C)cc1. The van der Waals surface area contributed by atoms with Gasteiger partial charge in [0.1, 0.15) is 0 Å². The summed E-state index contributed by atoms with van der Waals surface area (Å²) in [5.74, 6) is 0.630. The number of alkyl halides is 1. The Labute approximate surface area is 197 Å². The highest BCUT2D eigenvalue weighted by molar-refractivity contribution is 14.1. The molecule has 2 unspecified atom stereocenters. The summed E-state index contributed by atoms with van der Waals surface area (Å²) in [6.45, 7) is 12.3. The van der Waals surface area contributed by atoms with Gasteiger partial charge in [-0.3, -0.25) is 0 Å². The van der Waals surface area contributed by atoms with Crippen molar-refractivity contribution in [1.82, 2.24) is 0 Å². The molecule has 0 aliphatic rings. The molecule has 0 aliphatic carbocycles. The van der Waals surface area contributed by atoms with E-state index in [0.29, 0.717) is 9.84 Å². The predicted molar refractivity (Wildman–Crippen MR) is 137 cm³/mol. The van der Waals surface area contributed by atoms with Crippen molar-refractivity contribution in [2.24, 2.45) is 5.92 Å². The van der Waals surface area contributed by atoms with Crippen molar-refractivity contribution in [2.75, 3.05) is 13.2 Å². The monoisotopic (exact) mass is 522 g/mol. The second-order valence-corrected chi connectivity index (χ2v) is 10.2. The van der Waals surface area contributed by atoms with Gasteiger partial charge in [0.15, 0.2) is 0 Å². The molecular weight excluding hydrogens is 483 g/mol. The van der Waals surface area contributed by atoms with Gasteiger partial charge < -0.3 is 9.47 Å². The summed E-state index contributed by atoms with van der Waals surface area (Å²) in [6.07, 6.45) is 4.96. The predicted octanol–water partition coefficient (Wildman–Crippen LogP) is 8.16. The van der Waals surface area contributed by atoms with Crippen molar-refractivity contribution in [3.63, 3.8) is 0 Å². The van der Waals surface area contributed by atoms with E-state index in [2.05, 4.69) is 106 Å². The Kier molecular flexibility index (Phi) is 11.4. The van der Waals surface area contributed by atoms with Gasteiger partial charge in [-0.05, 0) is 70.4 Å². The van der Waals surface area contributed by atoms with Crippen LogP contribution in [0.3, 0.4) is 0 Å². The van der Waals surface area contributed by atoms with Crippen LogP contribution in [0.4, 0.5) is 0 Å². The Balaban J connectivity index is 1.87. The summed E-state index contributed by atoms with van der Waals surface area (Å²) in [5.41, 5.74) is 5.20. The Hall–Kier alpha value is -0.910. The average molecular weight is 523 g/mol. The molecule has 3 heteroatoms. The molecule has 0 fully saturated rings. The van der Waals surface area contributed by atoms with Crippen molar-refractivity contribution < 1.29 is 9.47 Å². The van der Waals surface area contributed by atoms with Crippen molar-refractivity contribution in [1.29, 1.82) is 0 Å². The van der Waals surface area contributed by atoms with E-state index in [-0.39, 0.29) is 12.2 Å². The van der Waals surface area contributed by atoms with Gasteiger partial charge in [0.25, 0.3) is 0 Å². The molecule has 0 aliphatic heterocycles. The van der Waals surface area contributed by atoms with Gasteiger partial charge in [0, 0.05) is 17.1 Å². The third-order valence-electron chi connectivity index (χ3n) is 5.69. The summed E-state index contributed by atoms with van der Waals surface area (Å²) in [6, 6.07) is 17.6. The number of rotatable bonds is 13. The van der Waals surface area contributed by atoms with Crippen LogP contribution in [0.25, 0.3) is 0 Å². The van der Waals surface area contributed by atoms with Crippen LogP contribution in [0.15, 0.2) is 48.5 Å². The Bertz CT molecular complexity index is 647. The lowest BCUT2D eigenvalue weighted by molar-refractivity contribution is 0.0434. The molecule has 166 valence electrons. The van der Waals surface area contributed by atoms with Gasteiger partial charge in [0.05, 0.1) is 12.2 Å². The number of hydrogen-bond donors (Lipinski definition) is 0. The van der Waals surface area contributed by atoms with Crippen LogP contribution in [0.2, 0.25) is 0 Å². The quantitative estimate of drug-likeness (QED) is 0.195. The van der Waals surface area contributed by atoms with Gasteiger partial charge in [-0.1, -0.05) is 89.2 Å². The van der Waals surface area contributed by atoms with Gasteiger partial charge in [-0.2, -0.15) is 0 Å². The lowest BCUT2D eigenvalue weighted by Crippen LogP contribution is -2.13. The topological polar surface area (TPSA) is 18.5 Å². The van der Waals surface area contributed by atoms with Crippen LogP contribution in [0.5, 0.6) is 0 Å². The lowest BCUT2D eigenvalue weighted by Gasteiger charge is -2.24. The van der Waals surface area contributed by atoms with Crippen LogP contribution in [0.1, 0.15) is 80.9 Å². The minimum Gasteiger partial charge on any atom is -0.374 e. The largest absolute Gasteiger partial charge is 0.374 e. The lowest BCUT2D eigenvalue weighted by atomic mass is 9.92. The summed E-state index contributed by atoms with van der Waals surface area (Å²) >= 11 is 2.62. The van der Waals surface area contributed by atoms with Crippen molar-refractivity contribution in [3.05, 3.63) is 70.8 Å². The standard InChI is InChI=1S/C27H39IO2/c1-6-29-26(23-13-8-20(3)9-14-23)18-22(5)12-17-25(28)19-27(30-7-2)24-15-10-21(4)11-16-24/h8-11,13-16,22,25-27H,6-7,12,17-19H2,1-5H3/t22-,25-,26?,27?/m1/s1. The van der Waals surface area contributed by atoms with Gasteiger partial charge in [-0.25, -0.2) is 0 Å². The minimum absolute atomic E-state index is 0.191. The smallest absolute Gasteiger partial charge is 0.0834 e. The molecule has 4 atom stereocenters. The molecule has 0 saturated carbocycles. The second-order valence-electron chi connectivity index (χ2n) is 8.46. The molecule has 2 rings (SSSR count). The van der Waals surface area contributed by atoms with Crippen molar-refractivity contribution in [2.45, 2.75) is 76.4 Å². The van der Waals surface area contributed by atoms with Crippen molar-refractivity contribution >= 4 is 22.6 Å². The zero-order valence-electron chi connectivity index (χ0n) is 19.4. The van der Waals surface area contributed by atoms with Crippen LogP contribution >= 0.6 is 22.6 Å². The zero-order chi connectivity index (χ0) is 21.9. The third kappa shape index (κ3) is 8.68. The number of aryl methyl sites for hydroxylation is 2.